The van der Waals surface area contributed by atoms with E-state index >= 15 is 0 Å². The van der Waals surface area contributed by atoms with Gasteiger partial charge < -0.3 is 10.1 Å². The van der Waals surface area contributed by atoms with E-state index in [-0.39, 0.29) is 18.3 Å². The van der Waals surface area contributed by atoms with Crippen LogP contribution in [0.1, 0.15) is 33.1 Å². The van der Waals surface area contributed by atoms with Gasteiger partial charge in [0, 0.05) is 6.54 Å². The lowest BCUT2D eigenvalue weighted by atomic mass is 10.3. The van der Waals surface area contributed by atoms with Gasteiger partial charge in [0.1, 0.15) is 0 Å². The van der Waals surface area contributed by atoms with Crippen LogP contribution >= 0.6 is 0 Å². The van der Waals surface area contributed by atoms with Gasteiger partial charge in [-0.3, -0.25) is 14.5 Å². The maximum atomic E-state index is 11.5. The number of methoxy groups -OCH3 is 1. The molecule has 0 rings (SSSR count). The number of hydrogen-bond acceptors (Lipinski definition) is 4. The second kappa shape index (κ2) is 10.1. The summed E-state index contributed by atoms with van der Waals surface area (Å²) in [4.78, 5) is 24.5. The van der Waals surface area contributed by atoms with E-state index in [1.54, 1.807) is 0 Å². The SMILES string of the molecule is CCCCN(CC)CC(=O)NCCC(=O)OC. The highest BCUT2D eigenvalue weighted by Crippen LogP contribution is 1.94. The quantitative estimate of drug-likeness (QED) is 0.609. The number of unbranched alkanes of at least 4 members (excludes halogenated alkanes) is 1. The van der Waals surface area contributed by atoms with Crippen molar-refractivity contribution in [2.75, 3.05) is 33.3 Å². The zero-order valence-corrected chi connectivity index (χ0v) is 11.1. The molecular weight excluding hydrogens is 220 g/mol. The van der Waals surface area contributed by atoms with Crippen LogP contribution in [0.25, 0.3) is 0 Å². The van der Waals surface area contributed by atoms with Gasteiger partial charge in [0.25, 0.3) is 0 Å². The molecule has 0 aliphatic carbocycles. The van der Waals surface area contributed by atoms with Gasteiger partial charge in [0.05, 0.1) is 20.1 Å². The number of amides is 1. The van der Waals surface area contributed by atoms with Gasteiger partial charge in [-0.2, -0.15) is 0 Å². The molecular formula is C12H24N2O3. The van der Waals surface area contributed by atoms with Crippen LogP contribution in [-0.2, 0) is 14.3 Å². The summed E-state index contributed by atoms with van der Waals surface area (Å²) in [6.45, 7) is 6.72. The lowest BCUT2D eigenvalue weighted by Gasteiger charge is -2.19. The molecule has 0 unspecified atom stereocenters. The van der Waals surface area contributed by atoms with Crippen LogP contribution in [0.3, 0.4) is 0 Å². The molecule has 0 aromatic carbocycles. The van der Waals surface area contributed by atoms with Gasteiger partial charge in [0.15, 0.2) is 0 Å². The number of carbonyl (C=O) groups excluding carboxylic acids is 2. The fourth-order valence-electron chi connectivity index (χ4n) is 1.40. The van der Waals surface area contributed by atoms with Crippen molar-refractivity contribution in [3.05, 3.63) is 0 Å². The third kappa shape index (κ3) is 8.68. The zero-order valence-electron chi connectivity index (χ0n) is 11.1. The van der Waals surface area contributed by atoms with Crippen LogP contribution in [0.2, 0.25) is 0 Å². The molecule has 17 heavy (non-hydrogen) atoms. The van der Waals surface area contributed by atoms with Crippen molar-refractivity contribution in [2.45, 2.75) is 33.1 Å². The number of nitrogens with one attached hydrogen (secondary N) is 1. The van der Waals surface area contributed by atoms with E-state index in [0.29, 0.717) is 13.1 Å². The predicted octanol–water partition coefficient (Wildman–Crippen LogP) is 0.788. The Hall–Kier alpha value is -1.10. The summed E-state index contributed by atoms with van der Waals surface area (Å²) in [5, 5.41) is 2.71. The lowest BCUT2D eigenvalue weighted by Crippen LogP contribution is -2.38. The number of esters is 1. The van der Waals surface area contributed by atoms with Gasteiger partial charge in [0.2, 0.25) is 5.91 Å². The smallest absolute Gasteiger partial charge is 0.307 e. The normalized spacial score (nSPS) is 10.4. The van der Waals surface area contributed by atoms with Crippen LogP contribution in [0, 0.1) is 0 Å². The summed E-state index contributed by atoms with van der Waals surface area (Å²) in [5.74, 6) is -0.338. The van der Waals surface area contributed by atoms with Crippen molar-refractivity contribution >= 4 is 11.9 Å². The van der Waals surface area contributed by atoms with Gasteiger partial charge in [-0.25, -0.2) is 0 Å². The Labute approximate surface area is 103 Å². The summed E-state index contributed by atoms with van der Waals surface area (Å²) >= 11 is 0. The van der Waals surface area contributed by atoms with Crippen molar-refractivity contribution in [1.29, 1.82) is 0 Å². The highest BCUT2D eigenvalue weighted by atomic mass is 16.5. The van der Waals surface area contributed by atoms with Crippen LogP contribution in [0.5, 0.6) is 0 Å². The Bertz CT molecular complexity index is 232. The maximum absolute atomic E-state index is 11.5. The molecule has 0 heterocycles. The molecule has 0 saturated heterocycles. The molecule has 0 fully saturated rings. The fourth-order valence-corrected chi connectivity index (χ4v) is 1.40. The molecule has 5 heteroatoms. The topological polar surface area (TPSA) is 58.6 Å². The number of carbonyl (C=O) groups is 2. The van der Waals surface area contributed by atoms with Crippen LogP contribution < -0.4 is 5.32 Å². The molecule has 0 spiro atoms. The molecule has 0 aromatic rings. The predicted molar refractivity (Wildman–Crippen MR) is 66.7 cm³/mol. The third-order valence-corrected chi connectivity index (χ3v) is 2.52. The minimum atomic E-state index is -0.302. The van der Waals surface area contributed by atoms with Crippen molar-refractivity contribution in [2.24, 2.45) is 0 Å². The van der Waals surface area contributed by atoms with E-state index in [0.717, 1.165) is 25.9 Å². The van der Waals surface area contributed by atoms with Crippen LogP contribution in [-0.4, -0.2) is 50.1 Å². The molecule has 0 atom stereocenters. The number of hydrogen-bond donors (Lipinski definition) is 1. The van der Waals surface area contributed by atoms with Crippen LogP contribution in [0.4, 0.5) is 0 Å². The Balaban J connectivity index is 3.71. The Morgan fingerprint density at radius 2 is 2.00 bits per heavy atom. The number of rotatable bonds is 9. The lowest BCUT2D eigenvalue weighted by molar-refractivity contribution is -0.140. The molecule has 0 saturated carbocycles. The van der Waals surface area contributed by atoms with Crippen molar-refractivity contribution < 1.29 is 14.3 Å². The summed E-state index contributed by atoms with van der Waals surface area (Å²) in [6.07, 6.45) is 2.45. The largest absolute Gasteiger partial charge is 0.469 e. The molecule has 0 aliphatic heterocycles. The van der Waals surface area contributed by atoms with E-state index in [2.05, 4.69) is 21.9 Å². The van der Waals surface area contributed by atoms with Gasteiger partial charge in [-0.15, -0.1) is 0 Å². The molecule has 0 radical (unpaired) electrons. The summed E-state index contributed by atoms with van der Waals surface area (Å²) in [5.41, 5.74) is 0. The van der Waals surface area contributed by atoms with Gasteiger partial charge in [-0.05, 0) is 19.5 Å². The minimum Gasteiger partial charge on any atom is -0.469 e. The average molecular weight is 244 g/mol. The zero-order chi connectivity index (χ0) is 13.1. The summed E-state index contributed by atoms with van der Waals surface area (Å²) in [6, 6.07) is 0. The third-order valence-electron chi connectivity index (χ3n) is 2.52. The van der Waals surface area contributed by atoms with Crippen molar-refractivity contribution in [3.8, 4) is 0 Å². The first kappa shape index (κ1) is 15.9. The average Bonchev–Trinajstić information content (AvgIpc) is 2.34. The summed E-state index contributed by atoms with van der Waals surface area (Å²) in [7, 11) is 1.34. The number of nitrogens with zero attached hydrogens (tertiary/aromatic N) is 1. The number of ether oxygens (including phenoxy) is 1. The summed E-state index contributed by atoms with van der Waals surface area (Å²) < 4.78 is 4.49. The molecule has 0 aromatic heterocycles. The molecule has 1 amide bonds. The second-order valence-corrected chi connectivity index (χ2v) is 3.90. The molecule has 0 aliphatic rings. The Morgan fingerprint density at radius 1 is 1.29 bits per heavy atom. The number of likely N-dealkylation sites (N-methyl/N-ethyl adjacent to an activating group) is 1. The van der Waals surface area contributed by atoms with E-state index < -0.39 is 0 Å². The minimum absolute atomic E-state index is 0.0353. The van der Waals surface area contributed by atoms with Gasteiger partial charge in [-0.1, -0.05) is 20.3 Å². The van der Waals surface area contributed by atoms with E-state index in [1.807, 2.05) is 6.92 Å². The van der Waals surface area contributed by atoms with E-state index in [9.17, 15) is 9.59 Å². The van der Waals surface area contributed by atoms with Crippen LogP contribution in [0.15, 0.2) is 0 Å². The first-order valence-corrected chi connectivity index (χ1v) is 6.19. The second-order valence-electron chi connectivity index (χ2n) is 3.90. The standard InChI is InChI=1S/C12H24N2O3/c1-4-6-9-14(5-2)10-11(15)13-8-7-12(16)17-3/h4-10H2,1-3H3,(H,13,15). The van der Waals surface area contributed by atoms with Gasteiger partial charge >= 0.3 is 5.97 Å². The molecule has 5 nitrogen and oxygen atoms in total. The van der Waals surface area contributed by atoms with Crippen molar-refractivity contribution in [3.63, 3.8) is 0 Å². The van der Waals surface area contributed by atoms with E-state index in [4.69, 9.17) is 0 Å². The first-order chi connectivity index (χ1) is 8.13. The highest BCUT2D eigenvalue weighted by Gasteiger charge is 2.08. The molecule has 0 bridgehead atoms. The highest BCUT2D eigenvalue weighted by molar-refractivity contribution is 5.78. The fraction of sp³-hybridized carbons (Fsp3) is 0.833. The Morgan fingerprint density at radius 3 is 2.53 bits per heavy atom. The monoisotopic (exact) mass is 244 g/mol. The molecule has 100 valence electrons. The Kier molecular flexibility index (Phi) is 9.43. The van der Waals surface area contributed by atoms with Crippen molar-refractivity contribution in [1.82, 2.24) is 10.2 Å². The molecule has 1 N–H and O–H groups in total. The maximum Gasteiger partial charge on any atom is 0.307 e. The van der Waals surface area contributed by atoms with E-state index in [1.165, 1.54) is 7.11 Å². The first-order valence-electron chi connectivity index (χ1n) is 6.19.